The minimum absolute atomic E-state index is 0.209. The van der Waals surface area contributed by atoms with Gasteiger partial charge in [0.05, 0.1) is 18.5 Å². The Morgan fingerprint density at radius 2 is 1.93 bits per heavy atom. The summed E-state index contributed by atoms with van der Waals surface area (Å²) in [5, 5.41) is 8.31. The van der Waals surface area contributed by atoms with E-state index in [9.17, 15) is 19.2 Å². The van der Waals surface area contributed by atoms with E-state index in [0.717, 1.165) is 16.5 Å². The minimum Gasteiger partial charge on any atom is -0.370 e. The fraction of sp³-hybridized carbons (Fsp3) is 0.278. The van der Waals surface area contributed by atoms with Crippen molar-refractivity contribution in [2.24, 2.45) is 5.73 Å². The average Bonchev–Trinajstić information content (AvgIpc) is 2.63. The number of primary amides is 1. The van der Waals surface area contributed by atoms with Gasteiger partial charge in [-0.1, -0.05) is 12.1 Å². The lowest BCUT2D eigenvalue weighted by Crippen LogP contribution is -2.50. The van der Waals surface area contributed by atoms with Crippen LogP contribution in [0, 0.1) is 0 Å². The molecule has 0 fully saturated rings. The van der Waals surface area contributed by atoms with Crippen molar-refractivity contribution in [1.29, 1.82) is 0 Å². The van der Waals surface area contributed by atoms with Gasteiger partial charge in [-0.3, -0.25) is 24.2 Å². The predicted octanol–water partition coefficient (Wildman–Crippen LogP) is -0.653. The second kappa shape index (κ2) is 9.27. The van der Waals surface area contributed by atoms with Crippen LogP contribution in [-0.2, 0) is 25.7 Å². The maximum Gasteiger partial charge on any atom is 0.243 e. The normalized spacial score (nSPS) is 11.4. The van der Waals surface area contributed by atoms with Gasteiger partial charge in [-0.15, -0.1) is 0 Å². The van der Waals surface area contributed by atoms with Gasteiger partial charge < -0.3 is 21.7 Å². The van der Waals surface area contributed by atoms with Crippen LogP contribution in [0.3, 0.4) is 0 Å². The van der Waals surface area contributed by atoms with E-state index in [-0.39, 0.29) is 25.4 Å². The lowest BCUT2D eigenvalue weighted by Gasteiger charge is -2.17. The molecule has 0 bridgehead atoms. The fourth-order valence-electron chi connectivity index (χ4n) is 2.41. The van der Waals surface area contributed by atoms with Gasteiger partial charge in [0.2, 0.25) is 23.6 Å². The molecule has 9 heteroatoms. The predicted molar refractivity (Wildman–Crippen MR) is 98.0 cm³/mol. The highest BCUT2D eigenvalue weighted by Crippen LogP contribution is 2.13. The molecule has 2 rings (SSSR count). The monoisotopic (exact) mass is 371 g/mol. The van der Waals surface area contributed by atoms with E-state index in [1.165, 1.54) is 6.92 Å². The van der Waals surface area contributed by atoms with E-state index < -0.39 is 23.8 Å². The van der Waals surface area contributed by atoms with Crippen LogP contribution in [0.25, 0.3) is 10.9 Å². The Labute approximate surface area is 155 Å². The number of aromatic nitrogens is 1. The third-order valence-electron chi connectivity index (χ3n) is 3.69. The second-order valence-electron chi connectivity index (χ2n) is 5.95. The first kappa shape index (κ1) is 19.8. The molecule has 4 amide bonds. The van der Waals surface area contributed by atoms with Crippen molar-refractivity contribution >= 4 is 34.5 Å². The highest BCUT2D eigenvalue weighted by atomic mass is 16.2. The molecular formula is C18H21N5O4. The molecule has 0 aliphatic rings. The van der Waals surface area contributed by atoms with Crippen LogP contribution in [0.15, 0.2) is 36.5 Å². The van der Waals surface area contributed by atoms with Crippen LogP contribution in [0.1, 0.15) is 18.9 Å². The van der Waals surface area contributed by atoms with Gasteiger partial charge in [0.15, 0.2) is 0 Å². The molecule has 27 heavy (non-hydrogen) atoms. The van der Waals surface area contributed by atoms with E-state index in [4.69, 9.17) is 5.73 Å². The molecule has 1 aromatic heterocycles. The van der Waals surface area contributed by atoms with Gasteiger partial charge in [-0.2, -0.15) is 0 Å². The van der Waals surface area contributed by atoms with E-state index in [2.05, 4.69) is 20.9 Å². The lowest BCUT2D eigenvalue weighted by molar-refractivity contribution is -0.131. The smallest absolute Gasteiger partial charge is 0.243 e. The van der Waals surface area contributed by atoms with Crippen LogP contribution in [-0.4, -0.2) is 41.2 Å². The Morgan fingerprint density at radius 1 is 1.15 bits per heavy atom. The Bertz CT molecular complexity index is 868. The fourth-order valence-corrected chi connectivity index (χ4v) is 2.41. The number of carbonyl (C=O) groups excluding carboxylic acids is 4. The summed E-state index contributed by atoms with van der Waals surface area (Å²) >= 11 is 0. The number of pyridine rings is 1. The summed E-state index contributed by atoms with van der Waals surface area (Å²) in [5.41, 5.74) is 6.83. The number of fused-ring (bicyclic) bond motifs is 1. The van der Waals surface area contributed by atoms with E-state index in [1.807, 2.05) is 30.3 Å². The minimum atomic E-state index is -1.12. The molecule has 1 aromatic carbocycles. The van der Waals surface area contributed by atoms with Crippen molar-refractivity contribution in [3.05, 3.63) is 42.1 Å². The molecule has 0 saturated heterocycles. The van der Waals surface area contributed by atoms with Crippen molar-refractivity contribution in [3.63, 3.8) is 0 Å². The first-order valence-corrected chi connectivity index (χ1v) is 8.28. The first-order chi connectivity index (χ1) is 12.8. The van der Waals surface area contributed by atoms with Crippen LogP contribution in [0.2, 0.25) is 0 Å². The van der Waals surface area contributed by atoms with Gasteiger partial charge in [-0.25, -0.2) is 0 Å². The van der Waals surface area contributed by atoms with Crippen LogP contribution in [0.5, 0.6) is 0 Å². The standard InChI is InChI=1S/C18H21N5O4/c1-11(24)21-10-17(26)23-15(8-16(19)25)18(27)22-9-12-4-5-14-13(7-12)3-2-6-20-14/h2-7,15H,8-10H2,1H3,(H2,19,25)(H,21,24)(H,22,27)(H,23,26)/t15-/m0/s1. The number of hydrogen-bond acceptors (Lipinski definition) is 5. The molecule has 142 valence electrons. The third-order valence-corrected chi connectivity index (χ3v) is 3.69. The topological polar surface area (TPSA) is 143 Å². The van der Waals surface area contributed by atoms with E-state index in [0.29, 0.717) is 0 Å². The summed E-state index contributed by atoms with van der Waals surface area (Å²) in [6, 6.07) is 8.16. The molecule has 2 aromatic rings. The molecule has 0 aliphatic heterocycles. The van der Waals surface area contributed by atoms with Gasteiger partial charge in [0, 0.05) is 25.1 Å². The molecule has 0 saturated carbocycles. The molecule has 0 aliphatic carbocycles. The first-order valence-electron chi connectivity index (χ1n) is 8.28. The average molecular weight is 371 g/mol. The summed E-state index contributed by atoms with van der Waals surface area (Å²) < 4.78 is 0. The van der Waals surface area contributed by atoms with Crippen LogP contribution < -0.4 is 21.7 Å². The zero-order valence-corrected chi connectivity index (χ0v) is 14.8. The van der Waals surface area contributed by atoms with E-state index >= 15 is 0 Å². The zero-order chi connectivity index (χ0) is 19.8. The Morgan fingerprint density at radius 3 is 2.63 bits per heavy atom. The molecule has 1 heterocycles. The summed E-state index contributed by atoms with van der Waals surface area (Å²) in [6.07, 6.45) is 1.35. The van der Waals surface area contributed by atoms with Crippen molar-refractivity contribution in [2.75, 3.05) is 6.54 Å². The van der Waals surface area contributed by atoms with E-state index in [1.54, 1.807) is 6.20 Å². The number of nitrogens with one attached hydrogen (secondary N) is 3. The number of hydrogen-bond donors (Lipinski definition) is 4. The summed E-state index contributed by atoms with van der Waals surface area (Å²) in [6.45, 7) is 1.18. The molecule has 1 atom stereocenters. The summed E-state index contributed by atoms with van der Waals surface area (Å²) in [7, 11) is 0. The maximum atomic E-state index is 12.4. The summed E-state index contributed by atoms with van der Waals surface area (Å²) in [4.78, 5) is 50.4. The van der Waals surface area contributed by atoms with Crippen molar-refractivity contribution < 1.29 is 19.2 Å². The van der Waals surface area contributed by atoms with Crippen molar-refractivity contribution in [1.82, 2.24) is 20.9 Å². The number of nitrogens with zero attached hydrogens (tertiary/aromatic N) is 1. The Kier molecular flexibility index (Phi) is 6.81. The SMILES string of the molecule is CC(=O)NCC(=O)N[C@@H](CC(N)=O)C(=O)NCc1ccc2ncccc2c1. The number of carbonyl (C=O) groups is 4. The highest BCUT2D eigenvalue weighted by molar-refractivity contribution is 5.93. The zero-order valence-electron chi connectivity index (χ0n) is 14.8. The largest absolute Gasteiger partial charge is 0.370 e. The highest BCUT2D eigenvalue weighted by Gasteiger charge is 2.22. The van der Waals surface area contributed by atoms with Gasteiger partial charge in [0.25, 0.3) is 0 Å². The van der Waals surface area contributed by atoms with Gasteiger partial charge in [-0.05, 0) is 23.8 Å². The van der Waals surface area contributed by atoms with Crippen LogP contribution in [0.4, 0.5) is 0 Å². The lowest BCUT2D eigenvalue weighted by atomic mass is 10.1. The third kappa shape index (κ3) is 6.38. The summed E-state index contributed by atoms with van der Waals surface area (Å²) in [5.74, 6) is -2.25. The maximum absolute atomic E-state index is 12.4. The Balaban J connectivity index is 1.98. The number of rotatable bonds is 8. The molecular weight excluding hydrogens is 350 g/mol. The van der Waals surface area contributed by atoms with Crippen molar-refractivity contribution in [3.8, 4) is 0 Å². The number of benzene rings is 1. The molecule has 0 unspecified atom stereocenters. The molecule has 0 radical (unpaired) electrons. The number of amides is 4. The van der Waals surface area contributed by atoms with Gasteiger partial charge in [0.1, 0.15) is 6.04 Å². The second-order valence-corrected chi connectivity index (χ2v) is 5.95. The molecule has 0 spiro atoms. The quantitative estimate of drug-likeness (QED) is 0.487. The Hall–Kier alpha value is -3.49. The molecule has 9 nitrogen and oxygen atoms in total. The number of nitrogens with two attached hydrogens (primary N) is 1. The van der Waals surface area contributed by atoms with Crippen molar-refractivity contribution in [2.45, 2.75) is 25.9 Å². The molecule has 5 N–H and O–H groups in total. The van der Waals surface area contributed by atoms with Gasteiger partial charge >= 0.3 is 0 Å². The van der Waals surface area contributed by atoms with Crippen LogP contribution >= 0.6 is 0 Å².